The lowest BCUT2D eigenvalue weighted by atomic mass is 9.99. The number of anilines is 1. The molecule has 1 aliphatic rings. The fourth-order valence-corrected chi connectivity index (χ4v) is 2.22. The molecule has 0 aliphatic carbocycles. The van der Waals surface area contributed by atoms with E-state index in [-0.39, 0.29) is 5.54 Å². The second kappa shape index (κ2) is 4.34. The summed E-state index contributed by atoms with van der Waals surface area (Å²) in [4.78, 5) is 2.45. The second-order valence-electron chi connectivity index (χ2n) is 4.84. The van der Waals surface area contributed by atoms with E-state index >= 15 is 0 Å². The van der Waals surface area contributed by atoms with Crippen molar-refractivity contribution in [3.8, 4) is 5.75 Å². The smallest absolute Gasteiger partial charge is 0.119 e. The predicted octanol–water partition coefficient (Wildman–Crippen LogP) is 1.88. The van der Waals surface area contributed by atoms with Gasteiger partial charge in [0.15, 0.2) is 0 Å². The first kappa shape index (κ1) is 11.3. The van der Waals surface area contributed by atoms with Crippen molar-refractivity contribution < 1.29 is 4.74 Å². The van der Waals surface area contributed by atoms with Crippen LogP contribution in [0.5, 0.6) is 5.75 Å². The van der Waals surface area contributed by atoms with E-state index in [0.717, 1.165) is 25.4 Å². The van der Waals surface area contributed by atoms with Gasteiger partial charge in [0, 0.05) is 30.9 Å². The maximum atomic E-state index is 5.18. The van der Waals surface area contributed by atoms with Crippen LogP contribution in [0.15, 0.2) is 24.3 Å². The van der Waals surface area contributed by atoms with Crippen LogP contribution in [0.25, 0.3) is 0 Å². The molecular weight excluding hydrogens is 200 g/mol. The zero-order valence-electron chi connectivity index (χ0n) is 10.3. The van der Waals surface area contributed by atoms with Crippen LogP contribution >= 0.6 is 0 Å². The van der Waals surface area contributed by atoms with Gasteiger partial charge < -0.3 is 15.0 Å². The van der Waals surface area contributed by atoms with Gasteiger partial charge in [-0.05, 0) is 38.1 Å². The van der Waals surface area contributed by atoms with Gasteiger partial charge in [-0.1, -0.05) is 0 Å². The quantitative estimate of drug-likeness (QED) is 0.823. The van der Waals surface area contributed by atoms with Gasteiger partial charge in [-0.25, -0.2) is 0 Å². The Labute approximate surface area is 97.4 Å². The normalized spacial score (nSPS) is 19.6. The lowest BCUT2D eigenvalue weighted by Gasteiger charge is -2.44. The Morgan fingerprint density at radius 3 is 2.50 bits per heavy atom. The lowest BCUT2D eigenvalue weighted by molar-refractivity contribution is 0.380. The van der Waals surface area contributed by atoms with E-state index in [1.54, 1.807) is 7.11 Å². The number of hydrogen-bond donors (Lipinski definition) is 1. The summed E-state index contributed by atoms with van der Waals surface area (Å²) < 4.78 is 5.18. The summed E-state index contributed by atoms with van der Waals surface area (Å²) in [6.45, 7) is 7.67. The lowest BCUT2D eigenvalue weighted by Crippen LogP contribution is -2.58. The van der Waals surface area contributed by atoms with Gasteiger partial charge in [-0.3, -0.25) is 0 Å². The second-order valence-corrected chi connectivity index (χ2v) is 4.84. The molecule has 1 aliphatic heterocycles. The number of nitrogens with one attached hydrogen (secondary N) is 1. The summed E-state index contributed by atoms with van der Waals surface area (Å²) in [6, 6.07) is 8.30. The molecule has 0 bridgehead atoms. The van der Waals surface area contributed by atoms with E-state index in [2.05, 4.69) is 36.2 Å². The van der Waals surface area contributed by atoms with Crippen molar-refractivity contribution in [3.05, 3.63) is 24.3 Å². The summed E-state index contributed by atoms with van der Waals surface area (Å²) in [5, 5.41) is 3.43. The van der Waals surface area contributed by atoms with Gasteiger partial charge >= 0.3 is 0 Å². The average Bonchev–Trinajstić information content (AvgIpc) is 2.29. The largest absolute Gasteiger partial charge is 0.497 e. The average molecular weight is 220 g/mol. The number of benzene rings is 1. The van der Waals surface area contributed by atoms with Crippen LogP contribution in [0.1, 0.15) is 13.8 Å². The Morgan fingerprint density at radius 1 is 1.25 bits per heavy atom. The molecule has 0 atom stereocenters. The van der Waals surface area contributed by atoms with Gasteiger partial charge in [-0.15, -0.1) is 0 Å². The topological polar surface area (TPSA) is 24.5 Å². The molecule has 0 amide bonds. The molecule has 88 valence electrons. The highest BCUT2D eigenvalue weighted by Crippen LogP contribution is 2.26. The van der Waals surface area contributed by atoms with Crippen LogP contribution in [0.3, 0.4) is 0 Å². The molecule has 1 heterocycles. The van der Waals surface area contributed by atoms with Crippen LogP contribution in [0.2, 0.25) is 0 Å². The van der Waals surface area contributed by atoms with E-state index < -0.39 is 0 Å². The van der Waals surface area contributed by atoms with Gasteiger partial charge in [0.25, 0.3) is 0 Å². The monoisotopic (exact) mass is 220 g/mol. The van der Waals surface area contributed by atoms with Gasteiger partial charge in [-0.2, -0.15) is 0 Å². The molecule has 0 saturated carbocycles. The van der Waals surface area contributed by atoms with Crippen molar-refractivity contribution in [1.82, 2.24) is 5.32 Å². The fraction of sp³-hybridized carbons (Fsp3) is 0.538. The summed E-state index contributed by atoms with van der Waals surface area (Å²) in [5.41, 5.74) is 1.44. The molecule has 16 heavy (non-hydrogen) atoms. The molecule has 1 fully saturated rings. The fourth-order valence-electron chi connectivity index (χ4n) is 2.22. The van der Waals surface area contributed by atoms with Gasteiger partial charge in [0.05, 0.1) is 7.11 Å². The van der Waals surface area contributed by atoms with Crippen molar-refractivity contribution in [3.63, 3.8) is 0 Å². The zero-order valence-corrected chi connectivity index (χ0v) is 10.3. The maximum Gasteiger partial charge on any atom is 0.119 e. The number of nitrogens with zero attached hydrogens (tertiary/aromatic N) is 1. The van der Waals surface area contributed by atoms with Crippen LogP contribution in [0.4, 0.5) is 5.69 Å². The van der Waals surface area contributed by atoms with Crippen LogP contribution < -0.4 is 15.0 Å². The highest BCUT2D eigenvalue weighted by Gasteiger charge is 2.29. The summed E-state index contributed by atoms with van der Waals surface area (Å²) in [6.07, 6.45) is 0. The third-order valence-electron chi connectivity index (χ3n) is 3.18. The molecule has 1 aromatic rings. The summed E-state index contributed by atoms with van der Waals surface area (Å²) in [5.74, 6) is 0.914. The van der Waals surface area contributed by atoms with Crippen molar-refractivity contribution in [1.29, 1.82) is 0 Å². The minimum absolute atomic E-state index is 0.173. The van der Waals surface area contributed by atoms with Crippen LogP contribution in [0, 0.1) is 0 Å². The van der Waals surface area contributed by atoms with E-state index in [4.69, 9.17) is 4.74 Å². The van der Waals surface area contributed by atoms with Crippen molar-refractivity contribution in [2.75, 3.05) is 31.6 Å². The van der Waals surface area contributed by atoms with Gasteiger partial charge in [0.1, 0.15) is 5.75 Å². The highest BCUT2D eigenvalue weighted by molar-refractivity contribution is 5.51. The van der Waals surface area contributed by atoms with E-state index in [1.807, 2.05) is 12.1 Å². The number of rotatable bonds is 2. The Morgan fingerprint density at radius 2 is 1.94 bits per heavy atom. The Hall–Kier alpha value is -1.22. The number of hydrogen-bond acceptors (Lipinski definition) is 3. The SMILES string of the molecule is COc1ccc(N2CCNCC2(C)C)cc1. The van der Waals surface area contributed by atoms with E-state index in [9.17, 15) is 0 Å². The minimum Gasteiger partial charge on any atom is -0.497 e. The Balaban J connectivity index is 2.21. The molecule has 0 unspecified atom stereocenters. The Bertz CT molecular complexity index is 345. The molecule has 3 heteroatoms. The first-order valence-electron chi connectivity index (χ1n) is 5.76. The van der Waals surface area contributed by atoms with E-state index in [0.29, 0.717) is 0 Å². The highest BCUT2D eigenvalue weighted by atomic mass is 16.5. The minimum atomic E-state index is 0.173. The van der Waals surface area contributed by atoms with Crippen molar-refractivity contribution in [2.24, 2.45) is 0 Å². The number of ether oxygens (including phenoxy) is 1. The third kappa shape index (κ3) is 2.14. The van der Waals surface area contributed by atoms with Crippen LogP contribution in [-0.2, 0) is 0 Å². The first-order chi connectivity index (χ1) is 7.63. The Kier molecular flexibility index (Phi) is 3.06. The summed E-state index contributed by atoms with van der Waals surface area (Å²) in [7, 11) is 1.70. The molecule has 0 radical (unpaired) electrons. The summed E-state index contributed by atoms with van der Waals surface area (Å²) >= 11 is 0. The molecule has 3 nitrogen and oxygen atoms in total. The van der Waals surface area contributed by atoms with Gasteiger partial charge in [0.2, 0.25) is 0 Å². The first-order valence-corrected chi connectivity index (χ1v) is 5.76. The molecule has 1 saturated heterocycles. The molecule has 1 aromatic carbocycles. The standard InChI is InChI=1S/C13H20N2O/c1-13(2)10-14-8-9-15(13)11-4-6-12(16-3)7-5-11/h4-7,14H,8-10H2,1-3H3. The van der Waals surface area contributed by atoms with Crippen LogP contribution in [-0.4, -0.2) is 32.3 Å². The maximum absolute atomic E-state index is 5.18. The number of piperazine rings is 1. The van der Waals surface area contributed by atoms with E-state index in [1.165, 1.54) is 5.69 Å². The third-order valence-corrected chi connectivity index (χ3v) is 3.18. The molecule has 2 rings (SSSR count). The van der Waals surface area contributed by atoms with Crippen molar-refractivity contribution in [2.45, 2.75) is 19.4 Å². The molecule has 1 N–H and O–H groups in total. The van der Waals surface area contributed by atoms with Crippen molar-refractivity contribution >= 4 is 5.69 Å². The number of methoxy groups -OCH3 is 1. The molecule has 0 aromatic heterocycles. The molecular formula is C13H20N2O. The predicted molar refractivity (Wildman–Crippen MR) is 67.3 cm³/mol. The molecule has 0 spiro atoms. The zero-order chi connectivity index (χ0) is 11.6.